The minimum atomic E-state index is -0.127. The highest BCUT2D eigenvalue weighted by atomic mass is 16.1. The molecule has 2 N–H and O–H groups in total. The Bertz CT molecular complexity index is 866. The van der Waals surface area contributed by atoms with Crippen molar-refractivity contribution in [3.8, 4) is 0 Å². The molecule has 5 heteroatoms. The predicted octanol–water partition coefficient (Wildman–Crippen LogP) is 4.40. The lowest BCUT2D eigenvalue weighted by Gasteiger charge is -2.09. The van der Waals surface area contributed by atoms with E-state index in [1.54, 1.807) is 0 Å². The quantitative estimate of drug-likeness (QED) is 0.743. The van der Waals surface area contributed by atoms with Crippen LogP contribution < -0.4 is 10.6 Å². The summed E-state index contributed by atoms with van der Waals surface area (Å²) in [6.07, 6.45) is 0. The lowest BCUT2D eigenvalue weighted by Crippen LogP contribution is -2.11. The minimum absolute atomic E-state index is 0.127. The maximum absolute atomic E-state index is 12.2. The Morgan fingerprint density at radius 3 is 1.96 bits per heavy atom. The molecule has 0 aliphatic carbocycles. The average Bonchev–Trinajstić information content (AvgIpc) is 2.56. The molecule has 1 heterocycles. The van der Waals surface area contributed by atoms with Crippen molar-refractivity contribution in [1.82, 2.24) is 9.97 Å². The number of carbonyl (C=O) groups excluding carboxylic acids is 1. The second-order valence-electron chi connectivity index (χ2n) is 6.00. The molecular formula is C20H20N4O. The lowest BCUT2D eigenvalue weighted by molar-refractivity contribution is 0.102. The third-order valence-electron chi connectivity index (χ3n) is 3.69. The van der Waals surface area contributed by atoms with Gasteiger partial charge in [0.15, 0.2) is 0 Å². The number of carbonyl (C=O) groups is 1. The van der Waals surface area contributed by atoms with Gasteiger partial charge >= 0.3 is 0 Å². The van der Waals surface area contributed by atoms with Crippen LogP contribution in [0.3, 0.4) is 0 Å². The first-order valence-electron chi connectivity index (χ1n) is 8.07. The van der Waals surface area contributed by atoms with E-state index in [1.165, 1.54) is 0 Å². The largest absolute Gasteiger partial charge is 0.324 e. The average molecular weight is 332 g/mol. The van der Waals surface area contributed by atoms with Crippen LogP contribution in [0.4, 0.5) is 17.3 Å². The van der Waals surface area contributed by atoms with Gasteiger partial charge in [-0.1, -0.05) is 17.7 Å². The summed E-state index contributed by atoms with van der Waals surface area (Å²) in [6.45, 7) is 5.86. The standard InChI is InChI=1S/C20H20N4O/c1-13-4-6-16(7-5-13)19(25)23-17-8-10-18(11-9-17)24-20-21-14(2)12-15(3)22-20/h4-12H,1-3H3,(H,23,25)(H,21,22,24). The SMILES string of the molecule is Cc1ccc(C(=O)Nc2ccc(Nc3nc(C)cc(C)n3)cc2)cc1. The van der Waals surface area contributed by atoms with Crippen molar-refractivity contribution in [2.24, 2.45) is 0 Å². The highest BCUT2D eigenvalue weighted by molar-refractivity contribution is 6.04. The van der Waals surface area contributed by atoms with Crippen LogP contribution >= 0.6 is 0 Å². The molecule has 0 unspecified atom stereocenters. The number of hydrogen-bond donors (Lipinski definition) is 2. The van der Waals surface area contributed by atoms with Crippen molar-refractivity contribution in [2.45, 2.75) is 20.8 Å². The fourth-order valence-corrected chi connectivity index (χ4v) is 2.46. The first kappa shape index (κ1) is 16.6. The van der Waals surface area contributed by atoms with Gasteiger partial charge in [0, 0.05) is 28.3 Å². The Morgan fingerprint density at radius 1 is 0.800 bits per heavy atom. The summed E-state index contributed by atoms with van der Waals surface area (Å²) in [4.78, 5) is 20.9. The fourth-order valence-electron chi connectivity index (χ4n) is 2.46. The second kappa shape index (κ2) is 7.13. The van der Waals surface area contributed by atoms with Crippen LogP contribution in [-0.2, 0) is 0 Å². The van der Waals surface area contributed by atoms with Crippen molar-refractivity contribution < 1.29 is 4.79 Å². The zero-order valence-corrected chi connectivity index (χ0v) is 14.5. The number of aromatic nitrogens is 2. The molecule has 0 atom stereocenters. The van der Waals surface area contributed by atoms with Crippen LogP contribution in [0.15, 0.2) is 54.6 Å². The highest BCUT2D eigenvalue weighted by Gasteiger charge is 2.06. The van der Waals surface area contributed by atoms with Gasteiger partial charge < -0.3 is 10.6 Å². The molecule has 0 bridgehead atoms. The fraction of sp³-hybridized carbons (Fsp3) is 0.150. The molecule has 0 fully saturated rings. The summed E-state index contributed by atoms with van der Waals surface area (Å²) < 4.78 is 0. The Balaban J connectivity index is 1.67. The Morgan fingerprint density at radius 2 is 1.36 bits per heavy atom. The van der Waals surface area contributed by atoms with E-state index in [4.69, 9.17) is 0 Å². The number of nitrogens with zero attached hydrogens (tertiary/aromatic N) is 2. The van der Waals surface area contributed by atoms with Crippen molar-refractivity contribution >= 4 is 23.2 Å². The number of amides is 1. The van der Waals surface area contributed by atoms with Crippen LogP contribution in [0.1, 0.15) is 27.3 Å². The van der Waals surface area contributed by atoms with E-state index in [1.807, 2.05) is 75.4 Å². The van der Waals surface area contributed by atoms with Crippen molar-refractivity contribution in [3.63, 3.8) is 0 Å². The minimum Gasteiger partial charge on any atom is -0.324 e. The molecule has 1 amide bonds. The summed E-state index contributed by atoms with van der Waals surface area (Å²) in [5.74, 6) is 0.437. The molecule has 0 spiro atoms. The van der Waals surface area contributed by atoms with Gasteiger partial charge in [-0.05, 0) is 63.2 Å². The molecule has 126 valence electrons. The van der Waals surface area contributed by atoms with Gasteiger partial charge in [0.2, 0.25) is 5.95 Å². The zero-order chi connectivity index (χ0) is 17.8. The molecular weight excluding hydrogens is 312 g/mol. The number of hydrogen-bond acceptors (Lipinski definition) is 4. The van der Waals surface area contributed by atoms with Gasteiger partial charge in [0.25, 0.3) is 5.91 Å². The summed E-state index contributed by atoms with van der Waals surface area (Å²) >= 11 is 0. The van der Waals surface area contributed by atoms with E-state index in [0.717, 1.165) is 28.3 Å². The van der Waals surface area contributed by atoms with E-state index >= 15 is 0 Å². The van der Waals surface area contributed by atoms with E-state index in [0.29, 0.717) is 11.5 Å². The highest BCUT2D eigenvalue weighted by Crippen LogP contribution is 2.18. The van der Waals surface area contributed by atoms with E-state index in [-0.39, 0.29) is 5.91 Å². The maximum Gasteiger partial charge on any atom is 0.255 e. The van der Waals surface area contributed by atoms with Crippen LogP contribution in [-0.4, -0.2) is 15.9 Å². The molecule has 3 aromatic rings. The van der Waals surface area contributed by atoms with E-state index in [2.05, 4.69) is 20.6 Å². The summed E-state index contributed by atoms with van der Waals surface area (Å²) in [6, 6.07) is 16.9. The van der Waals surface area contributed by atoms with E-state index in [9.17, 15) is 4.79 Å². The van der Waals surface area contributed by atoms with Crippen molar-refractivity contribution in [2.75, 3.05) is 10.6 Å². The lowest BCUT2D eigenvalue weighted by atomic mass is 10.1. The molecule has 25 heavy (non-hydrogen) atoms. The summed E-state index contributed by atoms with van der Waals surface area (Å²) in [5, 5.41) is 6.06. The van der Waals surface area contributed by atoms with Crippen LogP contribution in [0.2, 0.25) is 0 Å². The molecule has 5 nitrogen and oxygen atoms in total. The van der Waals surface area contributed by atoms with Gasteiger partial charge in [-0.3, -0.25) is 4.79 Å². The molecule has 0 saturated carbocycles. The third kappa shape index (κ3) is 4.41. The molecule has 2 aromatic carbocycles. The molecule has 0 saturated heterocycles. The number of anilines is 3. The Kier molecular flexibility index (Phi) is 4.75. The van der Waals surface area contributed by atoms with Gasteiger partial charge in [-0.25, -0.2) is 9.97 Å². The Hall–Kier alpha value is -3.21. The number of nitrogens with one attached hydrogen (secondary N) is 2. The maximum atomic E-state index is 12.2. The van der Waals surface area contributed by atoms with Gasteiger partial charge in [0.1, 0.15) is 0 Å². The van der Waals surface area contributed by atoms with E-state index < -0.39 is 0 Å². The van der Waals surface area contributed by atoms with Crippen LogP contribution in [0.5, 0.6) is 0 Å². The molecule has 0 radical (unpaired) electrons. The van der Waals surface area contributed by atoms with Gasteiger partial charge in [-0.15, -0.1) is 0 Å². The number of benzene rings is 2. The molecule has 3 rings (SSSR count). The summed E-state index contributed by atoms with van der Waals surface area (Å²) in [7, 11) is 0. The van der Waals surface area contributed by atoms with Crippen LogP contribution in [0.25, 0.3) is 0 Å². The number of rotatable bonds is 4. The molecule has 1 aromatic heterocycles. The third-order valence-corrected chi connectivity index (χ3v) is 3.69. The smallest absolute Gasteiger partial charge is 0.255 e. The van der Waals surface area contributed by atoms with Gasteiger partial charge in [0.05, 0.1) is 0 Å². The van der Waals surface area contributed by atoms with Crippen molar-refractivity contribution in [3.05, 3.63) is 77.1 Å². The topological polar surface area (TPSA) is 66.9 Å². The Labute approximate surface area is 147 Å². The first-order valence-corrected chi connectivity index (χ1v) is 8.07. The van der Waals surface area contributed by atoms with Crippen molar-refractivity contribution in [1.29, 1.82) is 0 Å². The molecule has 0 aliphatic rings. The predicted molar refractivity (Wildman–Crippen MR) is 100 cm³/mol. The van der Waals surface area contributed by atoms with Crippen LogP contribution in [0, 0.1) is 20.8 Å². The first-order chi connectivity index (χ1) is 12.0. The molecule has 0 aliphatic heterocycles. The second-order valence-corrected chi connectivity index (χ2v) is 6.00. The zero-order valence-electron chi connectivity index (χ0n) is 14.5. The number of aryl methyl sites for hydroxylation is 3. The van der Waals surface area contributed by atoms with Gasteiger partial charge in [-0.2, -0.15) is 0 Å². The normalized spacial score (nSPS) is 10.4. The summed E-state index contributed by atoms with van der Waals surface area (Å²) in [5.41, 5.74) is 5.18. The monoisotopic (exact) mass is 332 g/mol.